The number of halogens is 1. The molecule has 2 aromatic rings. The molecule has 0 aliphatic carbocycles. The molecule has 2 heterocycles. The molecule has 0 fully saturated rings. The van der Waals surface area contributed by atoms with Crippen LogP contribution in [0.3, 0.4) is 0 Å². The summed E-state index contributed by atoms with van der Waals surface area (Å²) in [5.41, 5.74) is 1.10. The number of likely N-dealkylation sites (N-methyl/N-ethyl adjacent to an activating group) is 1. The molecule has 0 spiro atoms. The van der Waals surface area contributed by atoms with E-state index in [4.69, 9.17) is 9.52 Å². The van der Waals surface area contributed by atoms with Gasteiger partial charge < -0.3 is 9.73 Å². The summed E-state index contributed by atoms with van der Waals surface area (Å²) in [6.07, 6.45) is 5.15. The third kappa shape index (κ3) is 4.20. The number of furan rings is 1. The van der Waals surface area contributed by atoms with Gasteiger partial charge in [-0.2, -0.15) is 5.10 Å². The van der Waals surface area contributed by atoms with E-state index in [2.05, 4.69) is 59.0 Å². The molecular formula is C16H24BrN3O. The molecule has 21 heavy (non-hydrogen) atoms. The lowest BCUT2D eigenvalue weighted by Gasteiger charge is -2.15. The zero-order valence-electron chi connectivity index (χ0n) is 13.0. The van der Waals surface area contributed by atoms with E-state index in [1.807, 2.05) is 12.1 Å². The topological polar surface area (TPSA) is 43.0 Å². The van der Waals surface area contributed by atoms with Crippen LogP contribution in [0.5, 0.6) is 0 Å². The SMILES string of the molecule is CCNC(Cc1ccn(C(CC)CC)n1)c1ccc(Br)o1. The van der Waals surface area contributed by atoms with E-state index in [1.54, 1.807) is 0 Å². The Morgan fingerprint density at radius 1 is 1.24 bits per heavy atom. The molecule has 0 bridgehead atoms. The van der Waals surface area contributed by atoms with E-state index in [0.29, 0.717) is 6.04 Å². The lowest BCUT2D eigenvalue weighted by Crippen LogP contribution is -2.22. The second-order valence-electron chi connectivity index (χ2n) is 5.21. The quantitative estimate of drug-likeness (QED) is 0.759. The van der Waals surface area contributed by atoms with Crippen molar-refractivity contribution in [3.8, 4) is 0 Å². The average Bonchev–Trinajstić information content (AvgIpc) is 3.09. The van der Waals surface area contributed by atoms with Crippen molar-refractivity contribution in [2.45, 2.75) is 52.1 Å². The van der Waals surface area contributed by atoms with Crippen molar-refractivity contribution in [1.29, 1.82) is 0 Å². The van der Waals surface area contributed by atoms with Gasteiger partial charge in [0.15, 0.2) is 4.67 Å². The highest BCUT2D eigenvalue weighted by Crippen LogP contribution is 2.24. The third-order valence-electron chi connectivity index (χ3n) is 3.78. The predicted octanol–water partition coefficient (Wildman–Crippen LogP) is 4.49. The summed E-state index contributed by atoms with van der Waals surface area (Å²) < 4.78 is 8.55. The predicted molar refractivity (Wildman–Crippen MR) is 88.4 cm³/mol. The number of hydrogen-bond donors (Lipinski definition) is 1. The molecule has 0 aliphatic heterocycles. The summed E-state index contributed by atoms with van der Waals surface area (Å²) in [5.74, 6) is 0.945. The minimum Gasteiger partial charge on any atom is -0.453 e. The smallest absolute Gasteiger partial charge is 0.169 e. The zero-order valence-corrected chi connectivity index (χ0v) is 14.6. The first-order chi connectivity index (χ1) is 10.2. The molecule has 5 heteroatoms. The van der Waals surface area contributed by atoms with Crippen molar-refractivity contribution >= 4 is 15.9 Å². The highest BCUT2D eigenvalue weighted by molar-refractivity contribution is 9.10. The Balaban J connectivity index is 2.10. The Kier molecular flexibility index (Phi) is 6.06. The molecular weight excluding hydrogens is 330 g/mol. The first-order valence-electron chi connectivity index (χ1n) is 7.70. The zero-order chi connectivity index (χ0) is 15.2. The van der Waals surface area contributed by atoms with E-state index in [1.165, 1.54) is 0 Å². The fourth-order valence-corrected chi connectivity index (χ4v) is 2.92. The number of rotatable bonds is 8. The van der Waals surface area contributed by atoms with Gasteiger partial charge in [-0.25, -0.2) is 0 Å². The Hall–Kier alpha value is -1.07. The summed E-state index contributed by atoms with van der Waals surface area (Å²) in [6, 6.07) is 6.71. The molecule has 2 rings (SSSR count). The fourth-order valence-electron chi connectivity index (χ4n) is 2.60. The maximum absolute atomic E-state index is 5.69. The van der Waals surface area contributed by atoms with Gasteiger partial charge in [0, 0.05) is 12.6 Å². The molecule has 0 aromatic carbocycles. The second kappa shape index (κ2) is 7.80. The lowest BCUT2D eigenvalue weighted by molar-refractivity contribution is 0.395. The molecule has 116 valence electrons. The van der Waals surface area contributed by atoms with Crippen LogP contribution in [0.2, 0.25) is 0 Å². The van der Waals surface area contributed by atoms with Crippen LogP contribution in [0.1, 0.15) is 57.2 Å². The van der Waals surface area contributed by atoms with Gasteiger partial charge in [0.2, 0.25) is 0 Å². The minimum absolute atomic E-state index is 0.159. The first kappa shape index (κ1) is 16.3. The van der Waals surface area contributed by atoms with Gasteiger partial charge in [-0.1, -0.05) is 20.8 Å². The van der Waals surface area contributed by atoms with E-state index >= 15 is 0 Å². The van der Waals surface area contributed by atoms with Crippen LogP contribution < -0.4 is 5.32 Å². The van der Waals surface area contributed by atoms with Crippen molar-refractivity contribution < 1.29 is 4.42 Å². The molecule has 0 saturated heterocycles. The van der Waals surface area contributed by atoms with Gasteiger partial charge in [0.25, 0.3) is 0 Å². The Bertz CT molecular complexity index is 545. The molecule has 0 amide bonds. The van der Waals surface area contributed by atoms with Gasteiger partial charge in [-0.05, 0) is 53.5 Å². The standard InChI is InChI=1S/C16H24BrN3O/c1-4-13(5-2)20-10-9-12(19-20)11-14(18-6-3)15-7-8-16(17)21-15/h7-10,13-14,18H,4-6,11H2,1-3H3. The summed E-state index contributed by atoms with van der Waals surface area (Å²) in [7, 11) is 0. The number of nitrogens with one attached hydrogen (secondary N) is 1. The van der Waals surface area contributed by atoms with Gasteiger partial charge in [0.1, 0.15) is 5.76 Å². The number of hydrogen-bond acceptors (Lipinski definition) is 3. The Morgan fingerprint density at radius 3 is 2.57 bits per heavy atom. The van der Waals surface area contributed by atoms with Crippen LogP contribution in [0, 0.1) is 0 Å². The van der Waals surface area contributed by atoms with Crippen molar-refractivity contribution in [2.75, 3.05) is 6.54 Å². The Morgan fingerprint density at radius 2 is 2.00 bits per heavy atom. The van der Waals surface area contributed by atoms with Crippen LogP contribution in [-0.2, 0) is 6.42 Å². The Labute approximate surface area is 135 Å². The third-order valence-corrected chi connectivity index (χ3v) is 4.21. The maximum Gasteiger partial charge on any atom is 0.169 e. The highest BCUT2D eigenvalue weighted by Gasteiger charge is 2.17. The van der Waals surface area contributed by atoms with Crippen molar-refractivity contribution in [2.24, 2.45) is 0 Å². The molecule has 2 aromatic heterocycles. The van der Waals surface area contributed by atoms with E-state index in [0.717, 1.165) is 41.9 Å². The van der Waals surface area contributed by atoms with Crippen LogP contribution >= 0.6 is 15.9 Å². The summed E-state index contributed by atoms with van der Waals surface area (Å²) >= 11 is 3.36. The van der Waals surface area contributed by atoms with Crippen LogP contribution in [-0.4, -0.2) is 16.3 Å². The van der Waals surface area contributed by atoms with Crippen LogP contribution in [0.15, 0.2) is 33.5 Å². The first-order valence-corrected chi connectivity index (χ1v) is 8.49. The lowest BCUT2D eigenvalue weighted by atomic mass is 10.1. The number of nitrogens with zero attached hydrogens (tertiary/aromatic N) is 2. The van der Waals surface area contributed by atoms with Gasteiger partial charge >= 0.3 is 0 Å². The summed E-state index contributed by atoms with van der Waals surface area (Å²) in [6.45, 7) is 7.42. The van der Waals surface area contributed by atoms with E-state index in [9.17, 15) is 0 Å². The fraction of sp³-hybridized carbons (Fsp3) is 0.562. The molecule has 4 nitrogen and oxygen atoms in total. The van der Waals surface area contributed by atoms with E-state index < -0.39 is 0 Å². The van der Waals surface area contributed by atoms with E-state index in [-0.39, 0.29) is 6.04 Å². The van der Waals surface area contributed by atoms with Crippen molar-refractivity contribution in [1.82, 2.24) is 15.1 Å². The van der Waals surface area contributed by atoms with Gasteiger partial charge in [0.05, 0.1) is 17.8 Å². The molecule has 1 unspecified atom stereocenters. The van der Waals surface area contributed by atoms with Gasteiger partial charge in [-0.15, -0.1) is 0 Å². The maximum atomic E-state index is 5.69. The monoisotopic (exact) mass is 353 g/mol. The molecule has 1 atom stereocenters. The van der Waals surface area contributed by atoms with Crippen LogP contribution in [0.4, 0.5) is 0 Å². The van der Waals surface area contributed by atoms with Crippen molar-refractivity contribution in [3.63, 3.8) is 0 Å². The molecule has 0 radical (unpaired) electrons. The van der Waals surface area contributed by atoms with Crippen LogP contribution in [0.25, 0.3) is 0 Å². The largest absolute Gasteiger partial charge is 0.453 e. The number of aromatic nitrogens is 2. The van der Waals surface area contributed by atoms with Gasteiger partial charge in [-0.3, -0.25) is 4.68 Å². The minimum atomic E-state index is 0.159. The highest BCUT2D eigenvalue weighted by atomic mass is 79.9. The summed E-state index contributed by atoms with van der Waals surface area (Å²) in [4.78, 5) is 0. The summed E-state index contributed by atoms with van der Waals surface area (Å²) in [5, 5.41) is 8.19. The van der Waals surface area contributed by atoms with Crippen molar-refractivity contribution in [3.05, 3.63) is 40.5 Å². The molecule has 0 saturated carbocycles. The normalized spacial score (nSPS) is 13.0. The molecule has 0 aliphatic rings. The second-order valence-corrected chi connectivity index (χ2v) is 6.00. The molecule has 1 N–H and O–H groups in total. The average molecular weight is 354 g/mol.